The summed E-state index contributed by atoms with van der Waals surface area (Å²) >= 11 is 3.42. The molecule has 3 aromatic carbocycles. The molecule has 0 radical (unpaired) electrons. The van der Waals surface area contributed by atoms with Gasteiger partial charge in [0.1, 0.15) is 24.2 Å². The Kier molecular flexibility index (Phi) is 4.59. The molecule has 0 bridgehead atoms. The first-order valence-electron chi connectivity index (χ1n) is 8.19. The van der Waals surface area contributed by atoms with Crippen molar-refractivity contribution in [1.29, 1.82) is 0 Å². The van der Waals surface area contributed by atoms with Crippen LogP contribution in [0.15, 0.2) is 92.7 Å². The van der Waals surface area contributed by atoms with Crippen LogP contribution in [0.2, 0.25) is 0 Å². The minimum atomic E-state index is -0.0445. The van der Waals surface area contributed by atoms with Gasteiger partial charge in [0.15, 0.2) is 5.43 Å². The maximum absolute atomic E-state index is 12.7. The van der Waals surface area contributed by atoms with E-state index in [-0.39, 0.29) is 5.43 Å². The van der Waals surface area contributed by atoms with Crippen molar-refractivity contribution >= 4 is 26.9 Å². The molecule has 0 fully saturated rings. The third-order valence-electron chi connectivity index (χ3n) is 4.15. The zero-order valence-corrected chi connectivity index (χ0v) is 15.4. The van der Waals surface area contributed by atoms with Crippen molar-refractivity contribution in [2.75, 3.05) is 0 Å². The number of fused-ring (bicyclic) bond motifs is 1. The minimum absolute atomic E-state index is 0.0445. The van der Waals surface area contributed by atoms with Crippen LogP contribution in [-0.4, -0.2) is 0 Å². The number of ether oxygens (including phenoxy) is 1. The number of halogens is 1. The number of hydrogen-bond donors (Lipinski definition) is 0. The van der Waals surface area contributed by atoms with Crippen molar-refractivity contribution in [2.45, 2.75) is 6.61 Å². The van der Waals surface area contributed by atoms with Crippen molar-refractivity contribution in [1.82, 2.24) is 0 Å². The summed E-state index contributed by atoms with van der Waals surface area (Å²) in [6.45, 7) is 0.450. The third kappa shape index (κ3) is 3.41. The smallest absolute Gasteiger partial charge is 0.200 e. The maximum atomic E-state index is 12.7. The van der Waals surface area contributed by atoms with Crippen molar-refractivity contribution in [2.24, 2.45) is 0 Å². The van der Waals surface area contributed by atoms with Crippen molar-refractivity contribution in [3.05, 3.63) is 99.3 Å². The van der Waals surface area contributed by atoms with Gasteiger partial charge in [-0.1, -0.05) is 58.4 Å². The SMILES string of the molecule is O=c1c(-c2ccccc2)coc2cc(OCc3ccc(Br)cc3)ccc12. The summed E-state index contributed by atoms with van der Waals surface area (Å²) in [5.41, 5.74) is 2.94. The molecule has 26 heavy (non-hydrogen) atoms. The molecule has 0 aliphatic carbocycles. The Balaban J connectivity index is 1.62. The highest BCUT2D eigenvalue weighted by Gasteiger charge is 2.10. The zero-order valence-electron chi connectivity index (χ0n) is 13.8. The average Bonchev–Trinajstić information content (AvgIpc) is 2.68. The van der Waals surface area contributed by atoms with Gasteiger partial charge in [0, 0.05) is 10.5 Å². The van der Waals surface area contributed by atoms with Gasteiger partial charge in [-0.25, -0.2) is 0 Å². The van der Waals surface area contributed by atoms with E-state index in [0.29, 0.717) is 28.9 Å². The molecule has 4 rings (SSSR count). The standard InChI is InChI=1S/C22H15BrO3/c23-17-8-6-15(7-9-17)13-25-18-10-11-19-21(12-18)26-14-20(22(19)24)16-4-2-1-3-5-16/h1-12,14H,13H2. The summed E-state index contributed by atoms with van der Waals surface area (Å²) in [6.07, 6.45) is 1.51. The maximum Gasteiger partial charge on any atom is 0.200 e. The number of rotatable bonds is 4. The van der Waals surface area contributed by atoms with E-state index in [4.69, 9.17) is 9.15 Å². The second-order valence-corrected chi connectivity index (χ2v) is 6.83. The highest BCUT2D eigenvalue weighted by Crippen LogP contribution is 2.23. The topological polar surface area (TPSA) is 39.4 Å². The van der Waals surface area contributed by atoms with Gasteiger partial charge in [0.2, 0.25) is 0 Å². The van der Waals surface area contributed by atoms with E-state index in [2.05, 4.69) is 15.9 Å². The van der Waals surface area contributed by atoms with Gasteiger partial charge in [0.05, 0.1) is 10.9 Å². The molecule has 0 atom stereocenters. The quantitative estimate of drug-likeness (QED) is 0.429. The summed E-state index contributed by atoms with van der Waals surface area (Å²) < 4.78 is 12.5. The summed E-state index contributed by atoms with van der Waals surface area (Å²) in [6, 6.07) is 22.8. The summed E-state index contributed by atoms with van der Waals surface area (Å²) in [4.78, 5) is 12.7. The second-order valence-electron chi connectivity index (χ2n) is 5.92. The predicted octanol–water partition coefficient (Wildman–Crippen LogP) is 5.80. The van der Waals surface area contributed by atoms with Crippen LogP contribution in [0.3, 0.4) is 0 Å². The van der Waals surface area contributed by atoms with Crippen LogP contribution in [-0.2, 0) is 6.61 Å². The lowest BCUT2D eigenvalue weighted by atomic mass is 10.1. The highest BCUT2D eigenvalue weighted by atomic mass is 79.9. The number of benzene rings is 3. The van der Waals surface area contributed by atoms with Gasteiger partial charge >= 0.3 is 0 Å². The monoisotopic (exact) mass is 406 g/mol. The first-order chi connectivity index (χ1) is 12.7. The Labute approximate surface area is 159 Å². The molecular formula is C22H15BrO3. The van der Waals surface area contributed by atoms with Crippen molar-refractivity contribution in [3.8, 4) is 16.9 Å². The van der Waals surface area contributed by atoms with E-state index in [1.807, 2.05) is 54.6 Å². The summed E-state index contributed by atoms with van der Waals surface area (Å²) in [5, 5.41) is 0.544. The Morgan fingerprint density at radius 1 is 0.923 bits per heavy atom. The summed E-state index contributed by atoms with van der Waals surface area (Å²) in [7, 11) is 0. The zero-order chi connectivity index (χ0) is 17.9. The Hall–Kier alpha value is -2.85. The molecule has 0 unspecified atom stereocenters. The van der Waals surface area contributed by atoms with Gasteiger partial charge in [-0.2, -0.15) is 0 Å². The molecule has 0 spiro atoms. The van der Waals surface area contributed by atoms with Crippen LogP contribution in [0, 0.1) is 0 Å². The van der Waals surface area contributed by atoms with Gasteiger partial charge < -0.3 is 9.15 Å². The van der Waals surface area contributed by atoms with Crippen LogP contribution >= 0.6 is 15.9 Å². The molecular weight excluding hydrogens is 392 g/mol. The van der Waals surface area contributed by atoms with Gasteiger partial charge in [-0.05, 0) is 35.4 Å². The molecule has 4 heteroatoms. The molecule has 0 saturated heterocycles. The van der Waals surface area contributed by atoms with Gasteiger partial charge in [0.25, 0.3) is 0 Å². The second kappa shape index (κ2) is 7.18. The molecule has 0 amide bonds. The van der Waals surface area contributed by atoms with Crippen molar-refractivity contribution in [3.63, 3.8) is 0 Å². The molecule has 1 heterocycles. The lowest BCUT2D eigenvalue weighted by molar-refractivity contribution is 0.306. The fourth-order valence-corrected chi connectivity index (χ4v) is 3.03. The number of hydrogen-bond acceptors (Lipinski definition) is 3. The van der Waals surface area contributed by atoms with E-state index in [9.17, 15) is 4.79 Å². The predicted molar refractivity (Wildman–Crippen MR) is 106 cm³/mol. The molecule has 0 N–H and O–H groups in total. The Morgan fingerprint density at radius 3 is 2.46 bits per heavy atom. The van der Waals surface area contributed by atoms with Crippen LogP contribution in [0.25, 0.3) is 22.1 Å². The third-order valence-corrected chi connectivity index (χ3v) is 4.68. The molecule has 4 aromatic rings. The molecule has 3 nitrogen and oxygen atoms in total. The lowest BCUT2D eigenvalue weighted by Gasteiger charge is -2.08. The molecule has 1 aromatic heterocycles. The minimum Gasteiger partial charge on any atom is -0.489 e. The molecule has 0 aliphatic rings. The molecule has 128 valence electrons. The Morgan fingerprint density at radius 2 is 1.69 bits per heavy atom. The van der Waals surface area contributed by atoms with E-state index >= 15 is 0 Å². The molecule has 0 saturated carbocycles. The van der Waals surface area contributed by atoms with E-state index in [1.54, 1.807) is 18.2 Å². The van der Waals surface area contributed by atoms with Gasteiger partial charge in [-0.15, -0.1) is 0 Å². The van der Waals surface area contributed by atoms with E-state index < -0.39 is 0 Å². The first kappa shape index (κ1) is 16.6. The van der Waals surface area contributed by atoms with Crippen LogP contribution in [0.4, 0.5) is 0 Å². The molecule has 0 aliphatic heterocycles. The van der Waals surface area contributed by atoms with E-state index in [0.717, 1.165) is 15.6 Å². The van der Waals surface area contributed by atoms with Gasteiger partial charge in [-0.3, -0.25) is 4.79 Å². The van der Waals surface area contributed by atoms with Crippen LogP contribution in [0.5, 0.6) is 5.75 Å². The van der Waals surface area contributed by atoms with E-state index in [1.165, 1.54) is 6.26 Å². The Bertz CT molecular complexity index is 1100. The first-order valence-corrected chi connectivity index (χ1v) is 8.98. The van der Waals surface area contributed by atoms with Crippen molar-refractivity contribution < 1.29 is 9.15 Å². The van der Waals surface area contributed by atoms with Crippen LogP contribution < -0.4 is 10.2 Å². The average molecular weight is 407 g/mol. The fraction of sp³-hybridized carbons (Fsp3) is 0.0455. The normalized spacial score (nSPS) is 10.8. The largest absolute Gasteiger partial charge is 0.489 e. The lowest BCUT2D eigenvalue weighted by Crippen LogP contribution is -2.05. The fourth-order valence-electron chi connectivity index (χ4n) is 2.76. The highest BCUT2D eigenvalue weighted by molar-refractivity contribution is 9.10. The summed E-state index contributed by atoms with van der Waals surface area (Å²) in [5.74, 6) is 0.663. The van der Waals surface area contributed by atoms with Crippen LogP contribution in [0.1, 0.15) is 5.56 Å².